The Morgan fingerprint density at radius 2 is 1.84 bits per heavy atom. The van der Waals surface area contributed by atoms with Gasteiger partial charge in [-0.15, -0.1) is 13.2 Å². The maximum atomic E-state index is 13.5. The van der Waals surface area contributed by atoms with E-state index >= 15 is 0 Å². The molecule has 2 aliphatic carbocycles. The van der Waals surface area contributed by atoms with E-state index in [4.69, 9.17) is 14.2 Å². The number of hydrogen-bond donors (Lipinski definition) is 0. The van der Waals surface area contributed by atoms with Gasteiger partial charge in [0.1, 0.15) is 17.0 Å². The van der Waals surface area contributed by atoms with Gasteiger partial charge in [-0.25, -0.2) is 0 Å². The summed E-state index contributed by atoms with van der Waals surface area (Å²) in [4.78, 5) is 26.6. The lowest BCUT2D eigenvalue weighted by Crippen LogP contribution is -2.47. The Morgan fingerprint density at radius 3 is 2.35 bits per heavy atom. The van der Waals surface area contributed by atoms with E-state index in [9.17, 15) is 9.59 Å². The zero-order chi connectivity index (χ0) is 22.6. The monoisotopic (exact) mass is 424 g/mol. The molecule has 1 aromatic rings. The van der Waals surface area contributed by atoms with Crippen molar-refractivity contribution in [3.63, 3.8) is 0 Å². The van der Waals surface area contributed by atoms with E-state index in [1.165, 1.54) is 7.11 Å². The van der Waals surface area contributed by atoms with Gasteiger partial charge in [0.2, 0.25) is 0 Å². The standard InChI is InChI=1S/C26H32O5/c1-7-17-9-10-18(8-2)26(17)15-25(22(27)29-6,23(28)31-26)21-14-16-13-19(11-12-20(16)21)30-24(3,4)5/h7-8,11-13,17-18,21H,1-2,9-10,14-15H2,3-6H3/t17-,18-,21?,25-/m1/s1. The van der Waals surface area contributed by atoms with Crippen molar-refractivity contribution in [2.24, 2.45) is 17.3 Å². The van der Waals surface area contributed by atoms with Crippen LogP contribution in [0.25, 0.3) is 0 Å². The molecule has 1 heterocycles. The fourth-order valence-electron chi connectivity index (χ4n) is 5.88. The van der Waals surface area contributed by atoms with E-state index in [0.29, 0.717) is 12.8 Å². The number of methoxy groups -OCH3 is 1. The SMILES string of the molecule is C=C[C@@H]1CC[C@@H](C=C)C12C[C@](C(=O)OC)(C1Cc3cc(OC(C)(C)C)ccc31)C(=O)O2. The second-order valence-corrected chi connectivity index (χ2v) is 10.1. The predicted molar refractivity (Wildman–Crippen MR) is 118 cm³/mol. The van der Waals surface area contributed by atoms with Crippen LogP contribution in [0.4, 0.5) is 0 Å². The number of ether oxygens (including phenoxy) is 3. The van der Waals surface area contributed by atoms with E-state index in [1.54, 1.807) is 0 Å². The van der Waals surface area contributed by atoms with Gasteiger partial charge in [0.15, 0.2) is 5.41 Å². The smallest absolute Gasteiger partial charge is 0.324 e. The van der Waals surface area contributed by atoms with E-state index < -0.39 is 23.0 Å². The molecule has 0 radical (unpaired) electrons. The molecule has 4 atom stereocenters. The Balaban J connectivity index is 1.73. The molecule has 0 N–H and O–H groups in total. The minimum atomic E-state index is -1.35. The molecule has 1 aliphatic heterocycles. The van der Waals surface area contributed by atoms with E-state index in [0.717, 1.165) is 29.7 Å². The summed E-state index contributed by atoms with van der Waals surface area (Å²) in [6, 6.07) is 5.89. The van der Waals surface area contributed by atoms with Crippen molar-refractivity contribution < 1.29 is 23.8 Å². The van der Waals surface area contributed by atoms with Gasteiger partial charge in [-0.2, -0.15) is 0 Å². The fourth-order valence-corrected chi connectivity index (χ4v) is 5.88. The lowest BCUT2D eigenvalue weighted by atomic mass is 9.58. The molecule has 3 aliphatic rings. The van der Waals surface area contributed by atoms with Gasteiger partial charge in [-0.3, -0.25) is 9.59 Å². The van der Waals surface area contributed by atoms with Crippen LogP contribution in [-0.4, -0.2) is 30.3 Å². The molecule has 0 bridgehead atoms. The van der Waals surface area contributed by atoms with Gasteiger partial charge in [0.25, 0.3) is 0 Å². The number of hydrogen-bond acceptors (Lipinski definition) is 5. The number of esters is 2. The van der Waals surface area contributed by atoms with Crippen LogP contribution < -0.4 is 4.74 Å². The van der Waals surface area contributed by atoms with Crippen molar-refractivity contribution in [2.75, 3.05) is 7.11 Å². The van der Waals surface area contributed by atoms with E-state index in [1.807, 2.05) is 51.1 Å². The normalized spacial score (nSPS) is 30.8. The van der Waals surface area contributed by atoms with Crippen LogP contribution in [0.2, 0.25) is 0 Å². The zero-order valence-electron chi connectivity index (χ0n) is 18.9. The predicted octanol–water partition coefficient (Wildman–Crippen LogP) is 4.75. The maximum absolute atomic E-state index is 13.5. The molecule has 2 fully saturated rings. The second-order valence-electron chi connectivity index (χ2n) is 10.1. The minimum absolute atomic E-state index is 0.00640. The van der Waals surface area contributed by atoms with Gasteiger partial charge in [0.05, 0.1) is 7.11 Å². The van der Waals surface area contributed by atoms with Crippen LogP contribution in [0.15, 0.2) is 43.5 Å². The summed E-state index contributed by atoms with van der Waals surface area (Å²) in [5, 5.41) is 0. The van der Waals surface area contributed by atoms with Crippen molar-refractivity contribution in [1.29, 1.82) is 0 Å². The molecule has 1 unspecified atom stereocenters. The third kappa shape index (κ3) is 3.12. The molecule has 1 saturated carbocycles. The van der Waals surface area contributed by atoms with Crippen LogP contribution in [0.5, 0.6) is 5.75 Å². The Kier molecular flexibility index (Phi) is 5.07. The Hall–Kier alpha value is -2.56. The molecule has 1 spiro atoms. The average molecular weight is 425 g/mol. The quantitative estimate of drug-likeness (QED) is 0.388. The summed E-state index contributed by atoms with van der Waals surface area (Å²) in [6.45, 7) is 13.9. The van der Waals surface area contributed by atoms with Crippen molar-refractivity contribution >= 4 is 11.9 Å². The number of rotatable bonds is 5. The first-order valence-electron chi connectivity index (χ1n) is 11.0. The highest BCUT2D eigenvalue weighted by atomic mass is 16.6. The molecule has 5 heteroatoms. The Bertz CT molecular complexity index is 924. The number of fused-ring (bicyclic) bond motifs is 1. The molecule has 1 aromatic carbocycles. The van der Waals surface area contributed by atoms with Gasteiger partial charge < -0.3 is 14.2 Å². The van der Waals surface area contributed by atoms with Crippen LogP contribution in [0.3, 0.4) is 0 Å². The average Bonchev–Trinajstić information content (AvgIpc) is 3.18. The largest absolute Gasteiger partial charge is 0.488 e. The highest BCUT2D eigenvalue weighted by Crippen LogP contribution is 2.62. The third-order valence-corrected chi connectivity index (χ3v) is 7.30. The first-order chi connectivity index (χ1) is 14.6. The lowest BCUT2D eigenvalue weighted by Gasteiger charge is -2.41. The summed E-state index contributed by atoms with van der Waals surface area (Å²) in [5.74, 6) is -0.497. The topological polar surface area (TPSA) is 61.8 Å². The molecule has 31 heavy (non-hydrogen) atoms. The summed E-state index contributed by atoms with van der Waals surface area (Å²) < 4.78 is 17.3. The molecule has 0 amide bonds. The lowest BCUT2D eigenvalue weighted by molar-refractivity contribution is -0.167. The van der Waals surface area contributed by atoms with Gasteiger partial charge in [-0.1, -0.05) is 18.2 Å². The molecular formula is C26H32O5. The number of carbonyl (C=O) groups is 2. The summed E-state index contributed by atoms with van der Waals surface area (Å²) >= 11 is 0. The summed E-state index contributed by atoms with van der Waals surface area (Å²) in [5.41, 5.74) is -0.339. The first-order valence-corrected chi connectivity index (χ1v) is 11.0. The molecule has 166 valence electrons. The Labute approximate surface area is 184 Å². The van der Waals surface area contributed by atoms with E-state index in [2.05, 4.69) is 13.2 Å². The Morgan fingerprint density at radius 1 is 1.19 bits per heavy atom. The van der Waals surface area contributed by atoms with Gasteiger partial charge >= 0.3 is 11.9 Å². The molecule has 4 rings (SSSR count). The van der Waals surface area contributed by atoms with Crippen molar-refractivity contribution in [1.82, 2.24) is 0 Å². The highest BCUT2D eigenvalue weighted by molar-refractivity contribution is 6.03. The molecular weight excluding hydrogens is 392 g/mol. The van der Waals surface area contributed by atoms with Gasteiger partial charge in [-0.05, 0) is 63.3 Å². The maximum Gasteiger partial charge on any atom is 0.324 e. The van der Waals surface area contributed by atoms with Crippen molar-refractivity contribution in [3.8, 4) is 5.75 Å². The minimum Gasteiger partial charge on any atom is -0.488 e. The number of benzene rings is 1. The summed E-state index contributed by atoms with van der Waals surface area (Å²) in [6.07, 6.45) is 6.33. The highest BCUT2D eigenvalue weighted by Gasteiger charge is 2.70. The third-order valence-electron chi connectivity index (χ3n) is 7.30. The van der Waals surface area contributed by atoms with E-state index in [-0.39, 0.29) is 23.4 Å². The zero-order valence-corrected chi connectivity index (χ0v) is 18.9. The molecule has 0 aromatic heterocycles. The molecule has 5 nitrogen and oxygen atoms in total. The second kappa shape index (κ2) is 7.25. The van der Waals surface area contributed by atoms with Crippen molar-refractivity contribution in [2.45, 2.75) is 63.6 Å². The van der Waals surface area contributed by atoms with Gasteiger partial charge in [0, 0.05) is 24.2 Å². The number of carbonyl (C=O) groups excluding carboxylic acids is 2. The van der Waals surface area contributed by atoms with Crippen LogP contribution >= 0.6 is 0 Å². The van der Waals surface area contributed by atoms with Crippen LogP contribution in [0.1, 0.15) is 57.1 Å². The summed E-state index contributed by atoms with van der Waals surface area (Å²) in [7, 11) is 1.34. The molecule has 1 saturated heterocycles. The van der Waals surface area contributed by atoms with Crippen molar-refractivity contribution in [3.05, 3.63) is 54.6 Å². The first kappa shape index (κ1) is 21.7. The van der Waals surface area contributed by atoms with Crippen LogP contribution in [-0.2, 0) is 25.5 Å². The van der Waals surface area contributed by atoms with Crippen LogP contribution in [0, 0.1) is 17.3 Å². The fraction of sp³-hybridized carbons (Fsp3) is 0.538.